The van der Waals surface area contributed by atoms with E-state index in [9.17, 15) is 27.6 Å². The number of amides is 1. The van der Waals surface area contributed by atoms with E-state index in [-0.39, 0.29) is 40.8 Å². The van der Waals surface area contributed by atoms with Gasteiger partial charge in [-0.05, 0) is 50.5 Å². The molecule has 4 aromatic heterocycles. The SMILES string of the molecule is CCCn1c(=O)n(C2CC2)c(=O)c2[nH]c(-c3ccc(N(CC)C(=O)c4ccc(C(F)(F)F)nc4)nc3)nc21. The van der Waals surface area contributed by atoms with Crippen molar-refractivity contribution in [2.24, 2.45) is 0 Å². The highest BCUT2D eigenvalue weighted by Gasteiger charge is 2.33. The number of hydrogen-bond donors (Lipinski definition) is 1. The smallest absolute Gasteiger partial charge is 0.332 e. The predicted octanol–water partition coefficient (Wildman–Crippen LogP) is 3.77. The predicted molar refractivity (Wildman–Crippen MR) is 133 cm³/mol. The third-order valence-corrected chi connectivity index (χ3v) is 6.33. The fourth-order valence-corrected chi connectivity index (χ4v) is 4.29. The molecule has 1 fully saturated rings. The number of anilines is 1. The number of nitrogens with one attached hydrogen (secondary N) is 1. The largest absolute Gasteiger partial charge is 0.433 e. The van der Waals surface area contributed by atoms with E-state index in [0.717, 1.165) is 31.2 Å². The Morgan fingerprint density at radius 2 is 1.87 bits per heavy atom. The maximum Gasteiger partial charge on any atom is 0.433 e. The number of hydrogen-bond acceptors (Lipinski definition) is 6. The molecule has 0 aliphatic heterocycles. The van der Waals surface area contributed by atoms with Gasteiger partial charge >= 0.3 is 11.9 Å². The average Bonchev–Trinajstić information content (AvgIpc) is 3.63. The summed E-state index contributed by atoms with van der Waals surface area (Å²) in [6.45, 7) is 4.27. The lowest BCUT2D eigenvalue weighted by atomic mass is 10.2. The second kappa shape index (κ2) is 9.54. The van der Waals surface area contributed by atoms with Crippen molar-refractivity contribution in [1.82, 2.24) is 29.1 Å². The first kappa shape index (κ1) is 25.4. The number of nitrogens with zero attached hydrogens (tertiary/aromatic N) is 6. The van der Waals surface area contributed by atoms with Crippen LogP contribution in [0.3, 0.4) is 0 Å². The molecule has 1 amide bonds. The summed E-state index contributed by atoms with van der Waals surface area (Å²) in [6, 6.07) is 4.97. The number of halogens is 3. The molecule has 4 aromatic rings. The van der Waals surface area contributed by atoms with Crippen LogP contribution in [-0.2, 0) is 12.7 Å². The summed E-state index contributed by atoms with van der Waals surface area (Å²) < 4.78 is 41.2. The van der Waals surface area contributed by atoms with E-state index >= 15 is 0 Å². The number of imidazole rings is 1. The van der Waals surface area contributed by atoms with Crippen LogP contribution in [0.1, 0.15) is 55.2 Å². The van der Waals surface area contributed by atoms with Crippen LogP contribution in [0, 0.1) is 0 Å². The summed E-state index contributed by atoms with van der Waals surface area (Å²) in [7, 11) is 0. The van der Waals surface area contributed by atoms with Crippen molar-refractivity contribution in [1.29, 1.82) is 0 Å². The van der Waals surface area contributed by atoms with Gasteiger partial charge in [0.15, 0.2) is 5.65 Å². The lowest BCUT2D eigenvalue weighted by molar-refractivity contribution is -0.141. The van der Waals surface area contributed by atoms with E-state index in [1.165, 1.54) is 20.2 Å². The van der Waals surface area contributed by atoms with Crippen molar-refractivity contribution in [2.45, 2.75) is 51.9 Å². The van der Waals surface area contributed by atoms with Crippen molar-refractivity contribution in [3.05, 3.63) is 68.8 Å². The molecule has 10 nitrogen and oxygen atoms in total. The lowest BCUT2D eigenvalue weighted by Crippen LogP contribution is -2.39. The summed E-state index contributed by atoms with van der Waals surface area (Å²) in [5.74, 6) is 0.0634. The molecule has 0 saturated heterocycles. The van der Waals surface area contributed by atoms with E-state index in [4.69, 9.17) is 0 Å². The Hall–Kier alpha value is -4.29. The Kier molecular flexibility index (Phi) is 6.37. The van der Waals surface area contributed by atoms with Gasteiger partial charge in [0.1, 0.15) is 22.9 Å². The number of fused-ring (bicyclic) bond motifs is 1. The zero-order valence-corrected chi connectivity index (χ0v) is 20.6. The Labute approximate surface area is 213 Å². The molecule has 0 atom stereocenters. The number of aromatic amines is 1. The Balaban J connectivity index is 1.46. The minimum atomic E-state index is -4.60. The van der Waals surface area contributed by atoms with E-state index in [2.05, 4.69) is 19.9 Å². The fourth-order valence-electron chi connectivity index (χ4n) is 4.29. The number of alkyl halides is 3. The fraction of sp³-hybridized carbons (Fsp3) is 0.360. The molecular weight excluding hydrogens is 503 g/mol. The molecule has 0 aromatic carbocycles. The molecule has 198 valence electrons. The summed E-state index contributed by atoms with van der Waals surface area (Å²) in [5, 5.41) is 0. The van der Waals surface area contributed by atoms with E-state index in [1.54, 1.807) is 19.1 Å². The molecule has 0 radical (unpaired) electrons. The van der Waals surface area contributed by atoms with Crippen molar-refractivity contribution < 1.29 is 18.0 Å². The maximum absolute atomic E-state index is 13.1. The molecule has 4 heterocycles. The number of carbonyl (C=O) groups is 1. The molecule has 1 aliphatic carbocycles. The van der Waals surface area contributed by atoms with Crippen LogP contribution in [0.5, 0.6) is 0 Å². The first-order valence-corrected chi connectivity index (χ1v) is 12.2. The van der Waals surface area contributed by atoms with Gasteiger partial charge in [0, 0.05) is 37.1 Å². The third kappa shape index (κ3) is 4.48. The van der Waals surface area contributed by atoms with Crippen LogP contribution in [0.15, 0.2) is 46.2 Å². The van der Waals surface area contributed by atoms with Crippen LogP contribution < -0.4 is 16.1 Å². The van der Waals surface area contributed by atoms with Gasteiger partial charge in [-0.25, -0.2) is 14.8 Å². The Morgan fingerprint density at radius 1 is 1.11 bits per heavy atom. The second-order valence-corrected chi connectivity index (χ2v) is 9.01. The minimum absolute atomic E-state index is 0.0103. The van der Waals surface area contributed by atoms with E-state index < -0.39 is 23.3 Å². The quantitative estimate of drug-likeness (QED) is 0.391. The first-order valence-electron chi connectivity index (χ1n) is 12.2. The molecule has 1 N–H and O–H groups in total. The number of aromatic nitrogens is 6. The summed E-state index contributed by atoms with van der Waals surface area (Å²) in [6.07, 6.45) is 0.0149. The van der Waals surface area contributed by atoms with Crippen LogP contribution in [-0.4, -0.2) is 41.5 Å². The normalized spacial score (nSPS) is 13.7. The molecule has 1 saturated carbocycles. The number of aryl methyl sites for hydroxylation is 1. The van der Waals surface area contributed by atoms with E-state index in [0.29, 0.717) is 24.4 Å². The second-order valence-electron chi connectivity index (χ2n) is 9.01. The number of rotatable bonds is 7. The molecule has 0 spiro atoms. The minimum Gasteiger partial charge on any atom is -0.332 e. The van der Waals surface area contributed by atoms with Crippen molar-refractivity contribution in [3.63, 3.8) is 0 Å². The molecule has 0 unspecified atom stereocenters. The van der Waals surface area contributed by atoms with Crippen LogP contribution in [0.4, 0.5) is 19.0 Å². The van der Waals surface area contributed by atoms with Crippen molar-refractivity contribution in [3.8, 4) is 11.4 Å². The lowest BCUT2D eigenvalue weighted by Gasteiger charge is -2.20. The third-order valence-electron chi connectivity index (χ3n) is 6.33. The molecule has 0 bridgehead atoms. The van der Waals surface area contributed by atoms with Crippen LogP contribution in [0.25, 0.3) is 22.6 Å². The van der Waals surface area contributed by atoms with Crippen LogP contribution >= 0.6 is 0 Å². The zero-order valence-electron chi connectivity index (χ0n) is 20.6. The Bertz CT molecular complexity index is 1620. The van der Waals surface area contributed by atoms with Crippen molar-refractivity contribution >= 4 is 22.9 Å². The van der Waals surface area contributed by atoms with Gasteiger partial charge in [0.05, 0.1) is 5.56 Å². The number of carbonyl (C=O) groups excluding carboxylic acids is 1. The molecule has 13 heteroatoms. The van der Waals surface area contributed by atoms with Gasteiger partial charge in [-0.1, -0.05) is 6.92 Å². The van der Waals surface area contributed by atoms with Gasteiger partial charge in [0.25, 0.3) is 11.5 Å². The monoisotopic (exact) mass is 527 g/mol. The molecule has 38 heavy (non-hydrogen) atoms. The summed E-state index contributed by atoms with van der Waals surface area (Å²) in [4.78, 5) is 55.5. The van der Waals surface area contributed by atoms with Gasteiger partial charge < -0.3 is 4.98 Å². The topological polar surface area (TPSA) is 119 Å². The molecule has 5 rings (SSSR count). The maximum atomic E-state index is 13.1. The summed E-state index contributed by atoms with van der Waals surface area (Å²) in [5.41, 5.74) is -0.827. The van der Waals surface area contributed by atoms with Gasteiger partial charge in [0.2, 0.25) is 0 Å². The summed E-state index contributed by atoms with van der Waals surface area (Å²) >= 11 is 0. The number of H-pyrrole nitrogens is 1. The van der Waals surface area contributed by atoms with Crippen molar-refractivity contribution in [2.75, 3.05) is 11.4 Å². The molecule has 1 aliphatic rings. The average molecular weight is 528 g/mol. The van der Waals surface area contributed by atoms with Gasteiger partial charge in [-0.2, -0.15) is 13.2 Å². The highest BCUT2D eigenvalue weighted by atomic mass is 19.4. The number of pyridine rings is 2. The first-order chi connectivity index (χ1) is 18.1. The zero-order chi connectivity index (χ0) is 27.2. The standard InChI is InChI=1S/C25H24F3N7O3/c1-3-11-34-21-19(23(37)35(24(34)38)16-7-8-16)31-20(32-21)14-6-10-18(30-12-14)33(4-2)22(36)15-5-9-17(29-13-15)25(26,27)28/h5-6,9-10,12-13,16H,3-4,7-8,11H2,1-2H3,(H,31,32). The van der Waals surface area contributed by atoms with Crippen LogP contribution in [0.2, 0.25) is 0 Å². The van der Waals surface area contributed by atoms with E-state index in [1.807, 2.05) is 6.92 Å². The highest BCUT2D eigenvalue weighted by Crippen LogP contribution is 2.32. The highest BCUT2D eigenvalue weighted by molar-refractivity contribution is 6.05. The van der Waals surface area contributed by atoms with Gasteiger partial charge in [-0.15, -0.1) is 0 Å². The molecular formula is C25H24F3N7O3. The van der Waals surface area contributed by atoms with Gasteiger partial charge in [-0.3, -0.25) is 28.6 Å². The Morgan fingerprint density at radius 3 is 2.42 bits per heavy atom.